The van der Waals surface area contributed by atoms with E-state index < -0.39 is 53.6 Å². The van der Waals surface area contributed by atoms with E-state index in [9.17, 15) is 37.8 Å². The van der Waals surface area contributed by atoms with Crippen LogP contribution in [0.2, 0.25) is 0 Å². The van der Waals surface area contributed by atoms with E-state index >= 15 is 0 Å². The lowest BCUT2D eigenvalue weighted by Crippen LogP contribution is -2.36. The number of aromatic hydroxyl groups is 1. The van der Waals surface area contributed by atoms with Gasteiger partial charge in [0.1, 0.15) is 17.2 Å². The molecule has 0 aliphatic rings. The summed E-state index contributed by atoms with van der Waals surface area (Å²) in [7, 11) is 2.79. The van der Waals surface area contributed by atoms with E-state index in [1.54, 1.807) is 6.92 Å². The molecule has 4 N–H and O–H groups in total. The zero-order valence-electron chi connectivity index (χ0n) is 20.4. The van der Waals surface area contributed by atoms with E-state index in [1.807, 2.05) is 0 Å². The maximum absolute atomic E-state index is 12.7. The summed E-state index contributed by atoms with van der Waals surface area (Å²) in [5, 5.41) is 24.3. The van der Waals surface area contributed by atoms with Gasteiger partial charge >= 0.3 is 18.4 Å². The lowest BCUT2D eigenvalue weighted by Gasteiger charge is -2.20. The Morgan fingerprint density at radius 1 is 1.08 bits per heavy atom. The first-order valence-corrected chi connectivity index (χ1v) is 11.0. The highest BCUT2D eigenvalue weighted by Crippen LogP contribution is 2.33. The number of halogens is 3. The number of aryl methyl sites for hydroxylation is 1. The van der Waals surface area contributed by atoms with Gasteiger partial charge in [0.2, 0.25) is 0 Å². The number of anilines is 1. The van der Waals surface area contributed by atoms with Crippen LogP contribution in [0.25, 0.3) is 11.1 Å². The van der Waals surface area contributed by atoms with E-state index in [2.05, 4.69) is 15.4 Å². The quantitative estimate of drug-likeness (QED) is 0.337. The van der Waals surface area contributed by atoms with Gasteiger partial charge in [-0.25, -0.2) is 4.79 Å². The number of alkyl halides is 3. The number of carbonyl (C=O) groups excluding carboxylic acids is 1. The molecular formula is C25H24F3N3O7. The molecular weight excluding hydrogens is 511 g/mol. The fourth-order valence-electron chi connectivity index (χ4n) is 3.64. The minimum absolute atomic E-state index is 0.238. The number of methoxy groups -OCH3 is 1. The Labute approximate surface area is 214 Å². The van der Waals surface area contributed by atoms with Crippen LogP contribution in [0.15, 0.2) is 53.3 Å². The maximum atomic E-state index is 12.7. The SMILES string of the molecule is COc1cc(-c2cccc(OC(F)(F)F)c2)cc([C@H](CC(=O)O)NC(=O)Nc2c(O)cc(C)n(C)c2=O)c1. The average Bonchev–Trinajstić information content (AvgIpc) is 2.83. The summed E-state index contributed by atoms with van der Waals surface area (Å²) in [4.78, 5) is 36.8. The van der Waals surface area contributed by atoms with Crippen LogP contribution < -0.4 is 25.7 Å². The van der Waals surface area contributed by atoms with Crippen LogP contribution in [0.3, 0.4) is 0 Å². The molecule has 2 amide bonds. The topological polar surface area (TPSA) is 139 Å². The van der Waals surface area contributed by atoms with E-state index in [0.717, 1.165) is 12.1 Å². The predicted octanol–water partition coefficient (Wildman–Crippen LogP) is 4.31. The first-order chi connectivity index (χ1) is 17.8. The molecule has 10 nitrogen and oxygen atoms in total. The maximum Gasteiger partial charge on any atom is 0.573 e. The number of aromatic nitrogens is 1. The minimum atomic E-state index is -4.89. The van der Waals surface area contributed by atoms with Gasteiger partial charge in [0.25, 0.3) is 5.56 Å². The van der Waals surface area contributed by atoms with E-state index in [1.165, 1.54) is 55.1 Å². The van der Waals surface area contributed by atoms with E-state index in [4.69, 9.17) is 4.74 Å². The third-order valence-corrected chi connectivity index (χ3v) is 5.54. The zero-order chi connectivity index (χ0) is 28.2. The van der Waals surface area contributed by atoms with Crippen molar-refractivity contribution in [2.45, 2.75) is 25.7 Å². The molecule has 3 rings (SSSR count). The summed E-state index contributed by atoms with van der Waals surface area (Å²) in [6.07, 6.45) is -5.48. The van der Waals surface area contributed by atoms with Crippen molar-refractivity contribution in [2.75, 3.05) is 12.4 Å². The molecule has 0 aliphatic carbocycles. The van der Waals surface area contributed by atoms with Gasteiger partial charge in [-0.15, -0.1) is 13.2 Å². The monoisotopic (exact) mass is 535 g/mol. The molecule has 0 unspecified atom stereocenters. The van der Waals surface area contributed by atoms with Gasteiger partial charge in [-0.05, 0) is 53.9 Å². The van der Waals surface area contributed by atoms with Crippen molar-refractivity contribution >= 4 is 17.7 Å². The fraction of sp³-hybridized carbons (Fsp3) is 0.240. The summed E-state index contributed by atoms with van der Waals surface area (Å²) in [6, 6.07) is 8.73. The predicted molar refractivity (Wildman–Crippen MR) is 130 cm³/mol. The largest absolute Gasteiger partial charge is 0.573 e. The molecule has 1 heterocycles. The van der Waals surface area contributed by atoms with Gasteiger partial charge in [-0.3, -0.25) is 9.59 Å². The standard InChI is InChI=1S/C25H24F3N3O7/c1-13-7-20(32)22(23(35)31(13)2)30-24(36)29-19(12-21(33)34)16-8-15(10-18(11-16)37-3)14-5-4-6-17(9-14)38-25(26,27)28/h4-11,19,32H,12H2,1-3H3,(H,33,34)(H2,29,30,36)/t19-/m0/s1. The number of aliphatic carboxylic acids is 1. The lowest BCUT2D eigenvalue weighted by molar-refractivity contribution is -0.274. The Balaban J connectivity index is 1.96. The van der Waals surface area contributed by atoms with E-state index in [0.29, 0.717) is 16.8 Å². The van der Waals surface area contributed by atoms with Crippen molar-refractivity contribution in [1.29, 1.82) is 0 Å². The third kappa shape index (κ3) is 6.96. The van der Waals surface area contributed by atoms with Crippen molar-refractivity contribution < 1.29 is 42.4 Å². The number of nitrogens with zero attached hydrogens (tertiary/aromatic N) is 1. The van der Waals surface area contributed by atoms with Crippen LogP contribution >= 0.6 is 0 Å². The number of benzene rings is 2. The number of nitrogens with one attached hydrogen (secondary N) is 2. The van der Waals surface area contributed by atoms with Crippen LogP contribution in [-0.2, 0) is 11.8 Å². The molecule has 0 bridgehead atoms. The van der Waals surface area contributed by atoms with Crippen molar-refractivity contribution in [3.8, 4) is 28.4 Å². The molecule has 202 valence electrons. The minimum Gasteiger partial charge on any atom is -0.505 e. The van der Waals surface area contributed by atoms with E-state index in [-0.39, 0.29) is 11.3 Å². The van der Waals surface area contributed by atoms with Crippen molar-refractivity contribution in [2.24, 2.45) is 7.05 Å². The van der Waals surface area contributed by atoms with Gasteiger partial charge in [-0.1, -0.05) is 12.1 Å². The highest BCUT2D eigenvalue weighted by Gasteiger charge is 2.31. The smallest absolute Gasteiger partial charge is 0.505 e. The number of amides is 2. The Morgan fingerprint density at radius 3 is 2.39 bits per heavy atom. The summed E-state index contributed by atoms with van der Waals surface area (Å²) >= 11 is 0. The zero-order valence-corrected chi connectivity index (χ0v) is 20.4. The van der Waals surface area contributed by atoms with Crippen LogP contribution in [0.5, 0.6) is 17.2 Å². The van der Waals surface area contributed by atoms with Gasteiger partial charge in [0, 0.05) is 18.8 Å². The highest BCUT2D eigenvalue weighted by atomic mass is 19.4. The Bertz CT molecular complexity index is 1420. The number of urea groups is 1. The molecule has 38 heavy (non-hydrogen) atoms. The molecule has 1 atom stereocenters. The molecule has 2 aromatic carbocycles. The number of rotatable bonds is 8. The average molecular weight is 535 g/mol. The first-order valence-electron chi connectivity index (χ1n) is 11.0. The molecule has 3 aromatic rings. The second kappa shape index (κ2) is 11.2. The van der Waals surface area contributed by atoms with Gasteiger partial charge < -0.3 is 34.9 Å². The van der Waals surface area contributed by atoms with Gasteiger partial charge in [0.15, 0.2) is 5.69 Å². The molecule has 0 saturated heterocycles. The number of carbonyl (C=O) groups is 2. The van der Waals surface area contributed by atoms with Crippen LogP contribution in [-0.4, -0.2) is 40.3 Å². The normalized spacial score (nSPS) is 11.9. The molecule has 1 aromatic heterocycles. The summed E-state index contributed by atoms with van der Waals surface area (Å²) in [6.45, 7) is 1.58. The number of pyridine rings is 1. The molecule has 0 radical (unpaired) electrons. The highest BCUT2D eigenvalue weighted by molar-refractivity contribution is 5.91. The van der Waals surface area contributed by atoms with Gasteiger partial charge in [0.05, 0.1) is 19.6 Å². The number of carboxylic acid groups (broad SMARTS) is 1. The van der Waals surface area contributed by atoms with Crippen LogP contribution in [0, 0.1) is 6.92 Å². The number of carboxylic acids is 1. The fourth-order valence-corrected chi connectivity index (χ4v) is 3.64. The Morgan fingerprint density at radius 2 is 1.76 bits per heavy atom. The second-order valence-corrected chi connectivity index (χ2v) is 8.23. The molecule has 0 fully saturated rings. The molecule has 0 saturated carbocycles. The number of hydrogen-bond donors (Lipinski definition) is 4. The van der Waals surface area contributed by atoms with Crippen LogP contribution in [0.4, 0.5) is 23.7 Å². The molecule has 0 spiro atoms. The number of hydrogen-bond acceptors (Lipinski definition) is 6. The summed E-state index contributed by atoms with van der Waals surface area (Å²) in [5.74, 6) is -1.96. The second-order valence-electron chi connectivity index (χ2n) is 8.23. The first kappa shape index (κ1) is 27.9. The van der Waals surface area contributed by atoms with Crippen molar-refractivity contribution in [3.63, 3.8) is 0 Å². The Kier molecular flexibility index (Phi) is 8.19. The molecule has 13 heteroatoms. The summed E-state index contributed by atoms with van der Waals surface area (Å²) < 4.78 is 48.5. The summed E-state index contributed by atoms with van der Waals surface area (Å²) in [5.41, 5.74) is 0.263. The lowest BCUT2D eigenvalue weighted by atomic mass is 9.97. The van der Waals surface area contributed by atoms with Gasteiger partial charge in [-0.2, -0.15) is 0 Å². The van der Waals surface area contributed by atoms with Crippen LogP contribution in [0.1, 0.15) is 23.7 Å². The van der Waals surface area contributed by atoms with Crippen molar-refractivity contribution in [3.05, 3.63) is 70.1 Å². The third-order valence-electron chi connectivity index (χ3n) is 5.54. The Hall–Kier alpha value is -4.68. The van der Waals surface area contributed by atoms with Crippen molar-refractivity contribution in [1.82, 2.24) is 9.88 Å². The number of ether oxygens (including phenoxy) is 2. The molecule has 0 aliphatic heterocycles.